The SMILES string of the molecule is CC(C)(C)c1ccc(COC(=O)/C=C/c2cnc3ccccc3n2)cc1. The molecule has 0 radical (unpaired) electrons. The van der Waals surface area contributed by atoms with E-state index in [1.165, 1.54) is 11.6 Å². The van der Waals surface area contributed by atoms with Crippen molar-refractivity contribution in [2.45, 2.75) is 32.8 Å². The van der Waals surface area contributed by atoms with E-state index in [-0.39, 0.29) is 12.0 Å². The van der Waals surface area contributed by atoms with Gasteiger partial charge in [-0.25, -0.2) is 9.78 Å². The predicted octanol–water partition coefficient (Wildman–Crippen LogP) is 4.68. The molecule has 1 heterocycles. The molecule has 26 heavy (non-hydrogen) atoms. The molecule has 0 amide bonds. The van der Waals surface area contributed by atoms with Crippen LogP contribution in [-0.2, 0) is 21.6 Å². The quantitative estimate of drug-likeness (QED) is 0.508. The number of nitrogens with zero attached hydrogens (tertiary/aromatic N) is 2. The molecule has 0 saturated carbocycles. The minimum atomic E-state index is -0.403. The zero-order valence-corrected chi connectivity index (χ0v) is 15.3. The van der Waals surface area contributed by atoms with E-state index >= 15 is 0 Å². The van der Waals surface area contributed by atoms with Gasteiger partial charge >= 0.3 is 5.97 Å². The number of carbonyl (C=O) groups is 1. The van der Waals surface area contributed by atoms with E-state index in [2.05, 4.69) is 42.9 Å². The van der Waals surface area contributed by atoms with Crippen LogP contribution in [0.25, 0.3) is 17.1 Å². The Labute approximate surface area is 153 Å². The largest absolute Gasteiger partial charge is 0.458 e. The number of rotatable bonds is 4. The maximum Gasteiger partial charge on any atom is 0.331 e. The van der Waals surface area contributed by atoms with Crippen LogP contribution in [0.15, 0.2) is 60.8 Å². The molecule has 4 heteroatoms. The third kappa shape index (κ3) is 4.54. The fraction of sp³-hybridized carbons (Fsp3) is 0.227. The fourth-order valence-corrected chi connectivity index (χ4v) is 2.51. The third-order valence-corrected chi connectivity index (χ3v) is 4.06. The highest BCUT2D eigenvalue weighted by Crippen LogP contribution is 2.22. The standard InChI is InChI=1S/C22H22N2O2/c1-22(2,3)17-10-8-16(9-11-17)15-26-21(25)13-12-18-14-23-19-6-4-5-7-20(19)24-18/h4-14H,15H2,1-3H3/b13-12+. The molecule has 132 valence electrons. The van der Waals surface area contributed by atoms with Crippen molar-refractivity contribution >= 4 is 23.1 Å². The Balaban J connectivity index is 1.58. The number of hydrogen-bond acceptors (Lipinski definition) is 4. The number of ether oxygens (including phenoxy) is 1. The number of para-hydroxylation sites is 2. The van der Waals surface area contributed by atoms with Crippen LogP contribution in [0.3, 0.4) is 0 Å². The van der Waals surface area contributed by atoms with Crippen molar-refractivity contribution in [2.75, 3.05) is 0 Å². The highest BCUT2D eigenvalue weighted by Gasteiger charge is 2.12. The second-order valence-electron chi connectivity index (χ2n) is 7.17. The molecule has 0 bridgehead atoms. The molecule has 4 nitrogen and oxygen atoms in total. The van der Waals surface area contributed by atoms with Gasteiger partial charge in [0.2, 0.25) is 0 Å². The van der Waals surface area contributed by atoms with E-state index < -0.39 is 5.97 Å². The zero-order valence-electron chi connectivity index (χ0n) is 15.3. The molecule has 0 aliphatic rings. The van der Waals surface area contributed by atoms with Gasteiger partial charge in [-0.3, -0.25) is 4.98 Å². The Bertz CT molecular complexity index is 938. The van der Waals surface area contributed by atoms with Gasteiger partial charge in [-0.15, -0.1) is 0 Å². The zero-order chi connectivity index (χ0) is 18.6. The Morgan fingerprint density at radius 1 is 1.04 bits per heavy atom. The summed E-state index contributed by atoms with van der Waals surface area (Å²) in [5.74, 6) is -0.403. The van der Waals surface area contributed by atoms with E-state index in [0.717, 1.165) is 16.6 Å². The van der Waals surface area contributed by atoms with E-state index in [1.54, 1.807) is 12.3 Å². The molecule has 0 unspecified atom stereocenters. The van der Waals surface area contributed by atoms with E-state index in [1.807, 2.05) is 36.4 Å². The molecule has 0 spiro atoms. The lowest BCUT2D eigenvalue weighted by atomic mass is 9.87. The van der Waals surface area contributed by atoms with Crippen LogP contribution in [0.4, 0.5) is 0 Å². The molecule has 0 atom stereocenters. The van der Waals surface area contributed by atoms with Gasteiger partial charge in [0.05, 0.1) is 22.9 Å². The smallest absolute Gasteiger partial charge is 0.331 e. The van der Waals surface area contributed by atoms with Crippen molar-refractivity contribution in [3.8, 4) is 0 Å². The highest BCUT2D eigenvalue weighted by molar-refractivity contribution is 5.87. The van der Waals surface area contributed by atoms with Gasteiger partial charge in [0.25, 0.3) is 0 Å². The van der Waals surface area contributed by atoms with Gasteiger partial charge in [0.15, 0.2) is 0 Å². The number of benzene rings is 2. The van der Waals surface area contributed by atoms with Crippen molar-refractivity contribution in [2.24, 2.45) is 0 Å². The predicted molar refractivity (Wildman–Crippen MR) is 104 cm³/mol. The van der Waals surface area contributed by atoms with Gasteiger partial charge < -0.3 is 4.74 Å². The van der Waals surface area contributed by atoms with Crippen molar-refractivity contribution in [1.82, 2.24) is 9.97 Å². The summed E-state index contributed by atoms with van der Waals surface area (Å²) < 4.78 is 5.29. The first-order chi connectivity index (χ1) is 12.4. The summed E-state index contributed by atoms with van der Waals surface area (Å²) >= 11 is 0. The number of aromatic nitrogens is 2. The first-order valence-electron chi connectivity index (χ1n) is 8.58. The Morgan fingerprint density at radius 2 is 1.73 bits per heavy atom. The molecule has 0 saturated heterocycles. The first-order valence-corrected chi connectivity index (χ1v) is 8.58. The molecular weight excluding hydrogens is 324 g/mol. The average Bonchev–Trinajstić information content (AvgIpc) is 2.64. The fourth-order valence-electron chi connectivity index (χ4n) is 2.51. The molecular formula is C22H22N2O2. The normalized spacial score (nSPS) is 11.8. The van der Waals surface area contributed by atoms with Crippen molar-refractivity contribution in [3.63, 3.8) is 0 Å². The monoisotopic (exact) mass is 346 g/mol. The highest BCUT2D eigenvalue weighted by atomic mass is 16.5. The van der Waals surface area contributed by atoms with Crippen LogP contribution in [0, 0.1) is 0 Å². The summed E-state index contributed by atoms with van der Waals surface area (Å²) in [7, 11) is 0. The van der Waals surface area contributed by atoms with Crippen LogP contribution in [0.1, 0.15) is 37.6 Å². The molecule has 3 aromatic rings. The number of esters is 1. The molecule has 0 aliphatic heterocycles. The molecule has 0 N–H and O–H groups in total. The summed E-state index contributed by atoms with van der Waals surface area (Å²) in [5.41, 5.74) is 4.56. The summed E-state index contributed by atoms with van der Waals surface area (Å²) in [5, 5.41) is 0. The molecule has 1 aromatic heterocycles. The lowest BCUT2D eigenvalue weighted by molar-refractivity contribution is -0.138. The summed E-state index contributed by atoms with van der Waals surface area (Å²) in [4.78, 5) is 20.7. The minimum Gasteiger partial charge on any atom is -0.458 e. The van der Waals surface area contributed by atoms with Gasteiger partial charge in [-0.2, -0.15) is 0 Å². The van der Waals surface area contributed by atoms with Crippen molar-refractivity contribution < 1.29 is 9.53 Å². The Hall–Kier alpha value is -3.01. The summed E-state index contributed by atoms with van der Waals surface area (Å²) in [6, 6.07) is 15.7. The minimum absolute atomic E-state index is 0.110. The van der Waals surface area contributed by atoms with Crippen LogP contribution < -0.4 is 0 Å². The van der Waals surface area contributed by atoms with E-state index in [4.69, 9.17) is 4.74 Å². The number of fused-ring (bicyclic) bond motifs is 1. The van der Waals surface area contributed by atoms with Gasteiger partial charge in [0, 0.05) is 6.08 Å². The lowest BCUT2D eigenvalue weighted by Crippen LogP contribution is -2.10. The summed E-state index contributed by atoms with van der Waals surface area (Å²) in [6.07, 6.45) is 4.63. The number of hydrogen-bond donors (Lipinski definition) is 0. The van der Waals surface area contributed by atoms with E-state index in [9.17, 15) is 4.79 Å². The van der Waals surface area contributed by atoms with Crippen molar-refractivity contribution in [3.05, 3.63) is 77.6 Å². The molecule has 0 aliphatic carbocycles. The Morgan fingerprint density at radius 3 is 2.42 bits per heavy atom. The van der Waals surface area contributed by atoms with Gasteiger partial charge in [0.1, 0.15) is 6.61 Å². The van der Waals surface area contributed by atoms with Crippen LogP contribution in [-0.4, -0.2) is 15.9 Å². The van der Waals surface area contributed by atoms with Crippen LogP contribution in [0.5, 0.6) is 0 Å². The topological polar surface area (TPSA) is 52.1 Å². The first kappa shape index (κ1) is 17.8. The molecule has 2 aromatic carbocycles. The van der Waals surface area contributed by atoms with E-state index in [0.29, 0.717) is 5.69 Å². The van der Waals surface area contributed by atoms with Gasteiger partial charge in [-0.1, -0.05) is 57.2 Å². The van der Waals surface area contributed by atoms with Crippen LogP contribution >= 0.6 is 0 Å². The van der Waals surface area contributed by atoms with Gasteiger partial charge in [-0.05, 0) is 34.8 Å². The second-order valence-corrected chi connectivity index (χ2v) is 7.17. The third-order valence-electron chi connectivity index (χ3n) is 4.06. The van der Waals surface area contributed by atoms with Crippen molar-refractivity contribution in [1.29, 1.82) is 0 Å². The number of carbonyl (C=O) groups excluding carboxylic acids is 1. The maximum atomic E-state index is 11.9. The second kappa shape index (κ2) is 7.48. The lowest BCUT2D eigenvalue weighted by Gasteiger charge is -2.19. The summed E-state index contributed by atoms with van der Waals surface area (Å²) in [6.45, 7) is 6.75. The van der Waals surface area contributed by atoms with Crippen LogP contribution in [0.2, 0.25) is 0 Å². The molecule has 0 fully saturated rings. The molecule has 3 rings (SSSR count). The maximum absolute atomic E-state index is 11.9. The average molecular weight is 346 g/mol. The Kier molecular flexibility index (Phi) is 5.12.